The second-order valence-electron chi connectivity index (χ2n) is 4.79. The van der Waals surface area contributed by atoms with Crippen molar-refractivity contribution in [3.05, 3.63) is 0 Å². The fraction of sp³-hybridized carbons (Fsp3) is 0.917. The Kier molecular flexibility index (Phi) is 3.08. The number of likely N-dealkylation sites (tertiary alicyclic amines) is 1. The first-order valence-corrected chi connectivity index (χ1v) is 5.98. The summed E-state index contributed by atoms with van der Waals surface area (Å²) in [6.45, 7) is 4.77. The van der Waals surface area contributed by atoms with Gasteiger partial charge in [-0.3, -0.25) is 4.90 Å². The topological polar surface area (TPSA) is 27.0 Å². The summed E-state index contributed by atoms with van der Waals surface area (Å²) in [6, 6.07) is 3.08. The van der Waals surface area contributed by atoms with E-state index in [1.54, 1.807) is 0 Å². The van der Waals surface area contributed by atoms with Gasteiger partial charge in [0.05, 0.1) is 12.0 Å². The van der Waals surface area contributed by atoms with Crippen molar-refractivity contribution in [2.24, 2.45) is 11.8 Å². The van der Waals surface area contributed by atoms with Gasteiger partial charge in [0.1, 0.15) is 0 Å². The lowest BCUT2D eigenvalue weighted by molar-refractivity contribution is 0.212. The third kappa shape index (κ3) is 1.79. The Balaban J connectivity index is 1.93. The Morgan fingerprint density at radius 1 is 1.36 bits per heavy atom. The van der Waals surface area contributed by atoms with Gasteiger partial charge >= 0.3 is 0 Å². The van der Waals surface area contributed by atoms with Crippen molar-refractivity contribution in [2.75, 3.05) is 13.1 Å². The quantitative estimate of drug-likeness (QED) is 0.672. The summed E-state index contributed by atoms with van der Waals surface area (Å²) in [6.07, 6.45) is 6.31. The molecule has 1 saturated carbocycles. The van der Waals surface area contributed by atoms with Crippen LogP contribution in [0.1, 0.15) is 39.0 Å². The molecule has 2 aliphatic rings. The summed E-state index contributed by atoms with van der Waals surface area (Å²) < 4.78 is 0. The van der Waals surface area contributed by atoms with Crippen LogP contribution in [0.3, 0.4) is 0 Å². The van der Waals surface area contributed by atoms with Crippen LogP contribution in [0.25, 0.3) is 0 Å². The Bertz CT molecular complexity index is 231. The minimum absolute atomic E-state index is 0.325. The molecule has 2 heteroatoms. The molecular weight excluding hydrogens is 172 g/mol. The number of hydrogen-bond donors (Lipinski definition) is 0. The van der Waals surface area contributed by atoms with E-state index in [4.69, 9.17) is 5.26 Å². The zero-order valence-electron chi connectivity index (χ0n) is 9.08. The highest BCUT2D eigenvalue weighted by atomic mass is 15.2. The maximum Gasteiger partial charge on any atom is 0.0672 e. The molecule has 78 valence electrons. The van der Waals surface area contributed by atoms with E-state index in [0.29, 0.717) is 12.0 Å². The molecule has 0 bridgehead atoms. The predicted molar refractivity (Wildman–Crippen MR) is 56.7 cm³/mol. The van der Waals surface area contributed by atoms with Crippen molar-refractivity contribution in [3.63, 3.8) is 0 Å². The van der Waals surface area contributed by atoms with Gasteiger partial charge in [-0.15, -0.1) is 0 Å². The SMILES string of the molecule is CCC1CCN(C2CCCC2C#N)C1. The average Bonchev–Trinajstić information content (AvgIpc) is 2.85. The molecule has 0 aromatic carbocycles. The van der Waals surface area contributed by atoms with E-state index in [0.717, 1.165) is 12.3 Å². The molecule has 2 nitrogen and oxygen atoms in total. The fourth-order valence-corrected chi connectivity index (χ4v) is 3.03. The van der Waals surface area contributed by atoms with Crippen LogP contribution >= 0.6 is 0 Å². The average molecular weight is 192 g/mol. The van der Waals surface area contributed by atoms with Crippen LogP contribution in [0.2, 0.25) is 0 Å². The zero-order chi connectivity index (χ0) is 9.97. The summed E-state index contributed by atoms with van der Waals surface area (Å²) in [7, 11) is 0. The highest BCUT2D eigenvalue weighted by molar-refractivity contribution is 4.99. The second-order valence-corrected chi connectivity index (χ2v) is 4.79. The monoisotopic (exact) mass is 192 g/mol. The lowest BCUT2D eigenvalue weighted by atomic mass is 10.0. The van der Waals surface area contributed by atoms with Crippen LogP contribution in [-0.2, 0) is 0 Å². The van der Waals surface area contributed by atoms with Crippen LogP contribution < -0.4 is 0 Å². The van der Waals surface area contributed by atoms with Crippen molar-refractivity contribution in [3.8, 4) is 6.07 Å². The number of hydrogen-bond acceptors (Lipinski definition) is 2. The number of rotatable bonds is 2. The highest BCUT2D eigenvalue weighted by Gasteiger charge is 2.35. The maximum absolute atomic E-state index is 9.04. The van der Waals surface area contributed by atoms with Gasteiger partial charge < -0.3 is 0 Å². The van der Waals surface area contributed by atoms with Gasteiger partial charge in [-0.1, -0.05) is 19.8 Å². The van der Waals surface area contributed by atoms with Gasteiger partial charge in [0.25, 0.3) is 0 Å². The van der Waals surface area contributed by atoms with Crippen molar-refractivity contribution in [2.45, 2.75) is 45.1 Å². The molecule has 1 heterocycles. The minimum atomic E-state index is 0.325. The van der Waals surface area contributed by atoms with Gasteiger partial charge in [-0.05, 0) is 31.7 Å². The van der Waals surface area contributed by atoms with E-state index in [1.165, 1.54) is 38.8 Å². The molecule has 2 rings (SSSR count). The van der Waals surface area contributed by atoms with Crippen LogP contribution in [0.5, 0.6) is 0 Å². The van der Waals surface area contributed by atoms with Gasteiger partial charge in [0.15, 0.2) is 0 Å². The summed E-state index contributed by atoms with van der Waals surface area (Å²) in [5, 5.41) is 9.04. The number of nitrogens with zero attached hydrogens (tertiary/aromatic N) is 2. The van der Waals surface area contributed by atoms with Crippen LogP contribution in [0.15, 0.2) is 0 Å². The normalized spacial score (nSPS) is 38.7. The highest BCUT2D eigenvalue weighted by Crippen LogP contribution is 2.33. The van der Waals surface area contributed by atoms with Crippen molar-refractivity contribution < 1.29 is 0 Å². The molecule has 1 aliphatic heterocycles. The van der Waals surface area contributed by atoms with E-state index in [1.807, 2.05) is 0 Å². The lowest BCUT2D eigenvalue weighted by Gasteiger charge is -2.26. The molecule has 1 saturated heterocycles. The first-order chi connectivity index (χ1) is 6.85. The summed E-state index contributed by atoms with van der Waals surface area (Å²) in [5.74, 6) is 1.22. The van der Waals surface area contributed by atoms with Crippen LogP contribution in [-0.4, -0.2) is 24.0 Å². The molecular formula is C12H20N2. The third-order valence-electron chi connectivity index (χ3n) is 4.01. The third-order valence-corrected chi connectivity index (χ3v) is 4.01. The summed E-state index contributed by atoms with van der Waals surface area (Å²) >= 11 is 0. The maximum atomic E-state index is 9.04. The number of nitriles is 1. The van der Waals surface area contributed by atoms with E-state index in [-0.39, 0.29) is 0 Å². The summed E-state index contributed by atoms with van der Waals surface area (Å²) in [4.78, 5) is 2.58. The Hall–Kier alpha value is -0.550. The molecule has 0 aromatic rings. The fourth-order valence-electron chi connectivity index (χ4n) is 3.03. The van der Waals surface area contributed by atoms with E-state index in [2.05, 4.69) is 17.9 Å². The standard InChI is InChI=1S/C12H20N2/c1-2-10-6-7-14(9-10)12-5-3-4-11(12)8-13/h10-12H,2-7,9H2,1H3. The molecule has 0 N–H and O–H groups in total. The zero-order valence-corrected chi connectivity index (χ0v) is 9.08. The van der Waals surface area contributed by atoms with Crippen molar-refractivity contribution in [1.82, 2.24) is 4.90 Å². The molecule has 0 spiro atoms. The first-order valence-electron chi connectivity index (χ1n) is 5.98. The Labute approximate surface area is 86.9 Å². The predicted octanol–water partition coefficient (Wildman–Crippen LogP) is 2.41. The van der Waals surface area contributed by atoms with Gasteiger partial charge in [0, 0.05) is 12.6 Å². The van der Waals surface area contributed by atoms with Gasteiger partial charge in [-0.25, -0.2) is 0 Å². The van der Waals surface area contributed by atoms with E-state index < -0.39 is 0 Å². The minimum Gasteiger partial charge on any atom is -0.299 e. The van der Waals surface area contributed by atoms with Crippen LogP contribution in [0, 0.1) is 23.2 Å². The first kappa shape index (κ1) is 9.98. The molecule has 14 heavy (non-hydrogen) atoms. The molecule has 3 atom stereocenters. The summed E-state index contributed by atoms with van der Waals surface area (Å²) in [5.41, 5.74) is 0. The molecule has 2 fully saturated rings. The van der Waals surface area contributed by atoms with Crippen LogP contribution in [0.4, 0.5) is 0 Å². The molecule has 3 unspecified atom stereocenters. The molecule has 1 aliphatic carbocycles. The Morgan fingerprint density at radius 2 is 2.21 bits per heavy atom. The molecule has 0 aromatic heterocycles. The molecule has 0 amide bonds. The Morgan fingerprint density at radius 3 is 2.86 bits per heavy atom. The van der Waals surface area contributed by atoms with Gasteiger partial charge in [0.2, 0.25) is 0 Å². The largest absolute Gasteiger partial charge is 0.299 e. The lowest BCUT2D eigenvalue weighted by Crippen LogP contribution is -2.35. The molecule has 0 radical (unpaired) electrons. The smallest absolute Gasteiger partial charge is 0.0672 e. The van der Waals surface area contributed by atoms with E-state index in [9.17, 15) is 0 Å². The second kappa shape index (κ2) is 4.31. The van der Waals surface area contributed by atoms with E-state index >= 15 is 0 Å². The van der Waals surface area contributed by atoms with Crippen molar-refractivity contribution >= 4 is 0 Å². The van der Waals surface area contributed by atoms with Gasteiger partial charge in [-0.2, -0.15) is 5.26 Å². The van der Waals surface area contributed by atoms with Crippen molar-refractivity contribution in [1.29, 1.82) is 5.26 Å².